The van der Waals surface area contributed by atoms with Crippen LogP contribution in [-0.2, 0) is 31.4 Å². The summed E-state index contributed by atoms with van der Waals surface area (Å²) in [5, 5.41) is 5.13. The molecule has 2 aromatic carbocycles. The highest BCUT2D eigenvalue weighted by molar-refractivity contribution is 7.89. The van der Waals surface area contributed by atoms with Crippen LogP contribution in [0.3, 0.4) is 0 Å². The van der Waals surface area contributed by atoms with E-state index in [0.29, 0.717) is 18.6 Å². The number of ether oxygens (including phenoxy) is 2. The van der Waals surface area contributed by atoms with E-state index in [9.17, 15) is 18.0 Å². The number of aryl methyl sites for hydroxylation is 1. The van der Waals surface area contributed by atoms with Crippen LogP contribution in [0.2, 0.25) is 0 Å². The number of hydrogen-bond acceptors (Lipinski definition) is 6. The molecule has 38 heavy (non-hydrogen) atoms. The van der Waals surface area contributed by atoms with Crippen molar-refractivity contribution in [2.45, 2.75) is 68.5 Å². The molecule has 6 atom stereocenters. The van der Waals surface area contributed by atoms with Gasteiger partial charge >= 0.3 is 11.9 Å². The van der Waals surface area contributed by atoms with Crippen molar-refractivity contribution in [1.82, 2.24) is 0 Å². The molecule has 2 aromatic rings. The summed E-state index contributed by atoms with van der Waals surface area (Å²) < 4.78 is 50.0. The highest BCUT2D eigenvalue weighted by Crippen LogP contribution is 2.64. The summed E-state index contributed by atoms with van der Waals surface area (Å²) in [6.07, 6.45) is 3.12. The first-order chi connectivity index (χ1) is 17.9. The van der Waals surface area contributed by atoms with Crippen molar-refractivity contribution in [3.05, 3.63) is 71.8 Å². The van der Waals surface area contributed by atoms with Crippen molar-refractivity contribution in [2.75, 3.05) is 0 Å². The summed E-state index contributed by atoms with van der Waals surface area (Å²) in [6, 6.07) is 10.9. The van der Waals surface area contributed by atoms with Crippen molar-refractivity contribution >= 4 is 22.0 Å². The number of benzene rings is 2. The van der Waals surface area contributed by atoms with Gasteiger partial charge in [-0.05, 0) is 91.5 Å². The van der Waals surface area contributed by atoms with Gasteiger partial charge in [-0.1, -0.05) is 19.1 Å². The van der Waals surface area contributed by atoms with Gasteiger partial charge in [-0.3, -0.25) is 4.79 Å². The van der Waals surface area contributed by atoms with Gasteiger partial charge in [0.25, 0.3) is 0 Å². The molecule has 0 bridgehead atoms. The average Bonchev–Trinajstić information content (AvgIpc) is 3.12. The molecule has 0 heterocycles. The zero-order valence-electron chi connectivity index (χ0n) is 21.5. The maximum atomic E-state index is 16.0. The van der Waals surface area contributed by atoms with Gasteiger partial charge in [0.2, 0.25) is 10.0 Å². The molecule has 2 saturated carbocycles. The summed E-state index contributed by atoms with van der Waals surface area (Å²) >= 11 is 0. The van der Waals surface area contributed by atoms with Crippen LogP contribution in [-0.4, -0.2) is 32.6 Å². The summed E-state index contributed by atoms with van der Waals surface area (Å²) in [7, 11) is -3.89. The lowest BCUT2D eigenvalue weighted by Gasteiger charge is -2.55. The number of nitrogens with two attached hydrogens (primary N) is 1. The minimum absolute atomic E-state index is 0.0203. The molecule has 5 rings (SSSR count). The van der Waals surface area contributed by atoms with Crippen LogP contribution in [0.4, 0.5) is 4.39 Å². The fourth-order valence-electron chi connectivity index (χ4n) is 7.26. The van der Waals surface area contributed by atoms with Crippen molar-refractivity contribution in [3.8, 4) is 5.75 Å². The van der Waals surface area contributed by atoms with E-state index in [2.05, 4.69) is 6.58 Å². The Morgan fingerprint density at radius 3 is 2.47 bits per heavy atom. The van der Waals surface area contributed by atoms with Crippen molar-refractivity contribution in [1.29, 1.82) is 0 Å². The highest BCUT2D eigenvalue weighted by Gasteiger charge is 2.63. The van der Waals surface area contributed by atoms with E-state index in [1.807, 2.05) is 25.1 Å². The second-order valence-corrected chi connectivity index (χ2v) is 12.6. The first-order valence-corrected chi connectivity index (χ1v) is 14.4. The Labute approximate surface area is 222 Å². The molecule has 0 saturated heterocycles. The van der Waals surface area contributed by atoms with Crippen LogP contribution in [0.1, 0.15) is 61.0 Å². The number of sulfonamides is 1. The summed E-state index contributed by atoms with van der Waals surface area (Å²) in [5.41, 5.74) is 1.42. The zero-order chi connectivity index (χ0) is 27.5. The van der Waals surface area contributed by atoms with Gasteiger partial charge in [0.05, 0.1) is 10.5 Å². The molecule has 3 aliphatic carbocycles. The molecular weight excluding hydrogens is 509 g/mol. The van der Waals surface area contributed by atoms with Gasteiger partial charge < -0.3 is 9.47 Å². The van der Waals surface area contributed by atoms with E-state index >= 15 is 4.39 Å². The molecule has 2 N–H and O–H groups in total. The van der Waals surface area contributed by atoms with Crippen LogP contribution < -0.4 is 9.88 Å². The van der Waals surface area contributed by atoms with E-state index in [1.165, 1.54) is 31.2 Å². The number of carbonyl (C=O) groups is 2. The van der Waals surface area contributed by atoms with Crippen molar-refractivity contribution in [2.24, 2.45) is 22.4 Å². The summed E-state index contributed by atoms with van der Waals surface area (Å²) in [5.74, 6) is -0.438. The third-order valence-electron chi connectivity index (χ3n) is 9.12. The van der Waals surface area contributed by atoms with Crippen molar-refractivity contribution < 1.29 is 31.9 Å². The standard InChI is InChI=1S/C29H32FNO6S/c1-4-29-14-13-28(3)24(23(29)11-7-19-15-20(36-17(2)32)8-12-22(19)29)16-25(26(28)30)37-27(33)18-5-9-21(10-6-18)38(31,34)35/h4-6,8-10,12,15,23-26H,1,7,11,13-14,16H2,2-3H3,(H2,31,34,35)/t23?,24?,25-,26+,28+,29-/m1/s1. The first-order valence-electron chi connectivity index (χ1n) is 12.8. The molecule has 2 fully saturated rings. The van der Waals surface area contributed by atoms with E-state index in [-0.39, 0.29) is 33.7 Å². The lowest BCUT2D eigenvalue weighted by molar-refractivity contribution is -0.131. The minimum atomic E-state index is -3.89. The lowest BCUT2D eigenvalue weighted by Crippen LogP contribution is -2.51. The summed E-state index contributed by atoms with van der Waals surface area (Å²) in [4.78, 5) is 24.2. The van der Waals surface area contributed by atoms with Crippen molar-refractivity contribution in [3.63, 3.8) is 0 Å². The number of primary sulfonamides is 1. The first kappa shape index (κ1) is 26.6. The number of fused-ring (bicyclic) bond motifs is 5. The van der Waals surface area contributed by atoms with E-state index < -0.39 is 33.7 Å². The number of hydrogen-bond donors (Lipinski definition) is 1. The van der Waals surface area contributed by atoms with Gasteiger partial charge in [0.1, 0.15) is 18.0 Å². The van der Waals surface area contributed by atoms with Crippen LogP contribution in [0, 0.1) is 17.3 Å². The van der Waals surface area contributed by atoms with Crippen LogP contribution in [0.15, 0.2) is 60.0 Å². The third kappa shape index (κ3) is 4.25. The highest BCUT2D eigenvalue weighted by atomic mass is 32.2. The number of carbonyl (C=O) groups excluding carboxylic acids is 2. The quantitative estimate of drug-likeness (QED) is 0.336. The monoisotopic (exact) mass is 541 g/mol. The largest absolute Gasteiger partial charge is 0.456 e. The molecule has 7 nitrogen and oxygen atoms in total. The molecule has 0 radical (unpaired) electrons. The number of halogens is 1. The maximum absolute atomic E-state index is 16.0. The molecule has 0 aromatic heterocycles. The Bertz CT molecular complexity index is 1410. The molecule has 9 heteroatoms. The molecule has 0 amide bonds. The zero-order valence-corrected chi connectivity index (χ0v) is 22.3. The number of alkyl halides is 1. The fraction of sp³-hybridized carbons (Fsp3) is 0.448. The predicted molar refractivity (Wildman–Crippen MR) is 139 cm³/mol. The fourth-order valence-corrected chi connectivity index (χ4v) is 7.77. The predicted octanol–water partition coefficient (Wildman–Crippen LogP) is 4.63. The van der Waals surface area contributed by atoms with Crippen LogP contribution in [0.5, 0.6) is 5.75 Å². The molecule has 2 unspecified atom stereocenters. The Morgan fingerprint density at radius 1 is 1.13 bits per heavy atom. The average molecular weight is 542 g/mol. The van der Waals surface area contributed by atoms with Gasteiger partial charge in [0, 0.05) is 17.8 Å². The van der Waals surface area contributed by atoms with Crippen LogP contribution >= 0.6 is 0 Å². The molecule has 202 valence electrons. The maximum Gasteiger partial charge on any atom is 0.338 e. The Morgan fingerprint density at radius 2 is 1.84 bits per heavy atom. The minimum Gasteiger partial charge on any atom is -0.456 e. The molecule has 0 spiro atoms. The number of esters is 2. The lowest BCUT2D eigenvalue weighted by atomic mass is 9.48. The topological polar surface area (TPSA) is 113 Å². The number of rotatable bonds is 5. The molecule has 0 aliphatic heterocycles. The molecule has 3 aliphatic rings. The Balaban J connectivity index is 1.39. The van der Waals surface area contributed by atoms with Crippen LogP contribution in [0.25, 0.3) is 0 Å². The van der Waals surface area contributed by atoms with E-state index in [4.69, 9.17) is 14.6 Å². The van der Waals surface area contributed by atoms with E-state index in [1.54, 1.807) is 6.07 Å². The van der Waals surface area contributed by atoms with E-state index in [0.717, 1.165) is 30.4 Å². The van der Waals surface area contributed by atoms with Gasteiger partial charge in [0.15, 0.2) is 0 Å². The summed E-state index contributed by atoms with van der Waals surface area (Å²) in [6.45, 7) is 7.54. The van der Waals surface area contributed by atoms with Gasteiger partial charge in [-0.2, -0.15) is 0 Å². The Kier molecular flexibility index (Phi) is 6.51. The second kappa shape index (κ2) is 9.31. The van der Waals surface area contributed by atoms with Gasteiger partial charge in [-0.15, -0.1) is 6.58 Å². The third-order valence-corrected chi connectivity index (χ3v) is 10.0. The Hall–Kier alpha value is -3.04. The smallest absolute Gasteiger partial charge is 0.338 e. The molecular formula is C29H32FNO6S. The SMILES string of the molecule is C=C[C@]12CC[C@@]3(C)C(C[C@@H](OC(=O)c4ccc(S(N)(=O)=O)cc4)[C@@H]3F)C1CCc1cc(OC(C)=O)ccc12. The normalized spacial score (nSPS) is 31.9. The van der Waals surface area contributed by atoms with Gasteiger partial charge in [-0.25, -0.2) is 22.7 Å². The number of allylic oxidation sites excluding steroid dienone is 1. The second-order valence-electron chi connectivity index (χ2n) is 11.1.